The molecule has 2 heterocycles. The predicted octanol–water partition coefficient (Wildman–Crippen LogP) is 3.79. The molecule has 0 bridgehead atoms. The molecule has 1 aliphatic rings. The molecule has 5 nitrogen and oxygen atoms in total. The van der Waals surface area contributed by atoms with Crippen LogP contribution < -0.4 is 10.6 Å². The number of rotatable bonds is 8. The number of hydrogen-bond donors (Lipinski definition) is 2. The normalized spacial score (nSPS) is 16.2. The van der Waals surface area contributed by atoms with E-state index in [0.29, 0.717) is 6.04 Å². The Morgan fingerprint density at radius 1 is 1.42 bits per heavy atom. The van der Waals surface area contributed by atoms with Crippen molar-refractivity contribution in [3.8, 4) is 0 Å². The molecule has 2 aromatic heterocycles. The van der Waals surface area contributed by atoms with Crippen LogP contribution in [0.4, 0.5) is 5.13 Å². The Labute approximate surface area is 154 Å². The lowest BCUT2D eigenvalue weighted by atomic mass is 10.2. The number of amides is 1. The SMILES string of the molecule is CC(Sc1nnc(NCCc2cccs2)s1)C(=O)NC1CCCC1. The largest absolute Gasteiger partial charge is 0.360 e. The highest BCUT2D eigenvalue weighted by molar-refractivity contribution is 8.02. The average Bonchev–Trinajstić information content (AvgIpc) is 3.30. The molecule has 8 heteroatoms. The molecule has 1 atom stereocenters. The highest BCUT2D eigenvalue weighted by Gasteiger charge is 2.22. The Morgan fingerprint density at radius 3 is 3.00 bits per heavy atom. The first kappa shape index (κ1) is 17.7. The van der Waals surface area contributed by atoms with Crippen molar-refractivity contribution in [2.75, 3.05) is 11.9 Å². The van der Waals surface area contributed by atoms with Gasteiger partial charge in [-0.05, 0) is 37.6 Å². The van der Waals surface area contributed by atoms with Crippen LogP contribution in [0.3, 0.4) is 0 Å². The number of aromatic nitrogens is 2. The maximum atomic E-state index is 12.2. The van der Waals surface area contributed by atoms with Gasteiger partial charge in [-0.1, -0.05) is 42.0 Å². The summed E-state index contributed by atoms with van der Waals surface area (Å²) in [6, 6.07) is 4.57. The highest BCUT2D eigenvalue weighted by atomic mass is 32.2. The maximum absolute atomic E-state index is 12.2. The topological polar surface area (TPSA) is 66.9 Å². The number of nitrogens with zero attached hydrogens (tertiary/aromatic N) is 2. The summed E-state index contributed by atoms with van der Waals surface area (Å²) in [5, 5.41) is 17.5. The summed E-state index contributed by atoms with van der Waals surface area (Å²) in [6.07, 6.45) is 5.66. The van der Waals surface area contributed by atoms with E-state index in [1.54, 1.807) is 11.3 Å². The fraction of sp³-hybridized carbons (Fsp3) is 0.562. The lowest BCUT2D eigenvalue weighted by molar-refractivity contribution is -0.120. The summed E-state index contributed by atoms with van der Waals surface area (Å²) in [7, 11) is 0. The zero-order valence-electron chi connectivity index (χ0n) is 13.7. The van der Waals surface area contributed by atoms with E-state index in [0.717, 1.165) is 35.3 Å². The van der Waals surface area contributed by atoms with Crippen LogP contribution in [0.5, 0.6) is 0 Å². The van der Waals surface area contributed by atoms with Gasteiger partial charge >= 0.3 is 0 Å². The van der Waals surface area contributed by atoms with E-state index in [1.807, 2.05) is 6.92 Å². The molecule has 0 spiro atoms. The number of thioether (sulfide) groups is 1. The molecule has 130 valence electrons. The number of carbonyl (C=O) groups is 1. The molecule has 1 amide bonds. The van der Waals surface area contributed by atoms with Gasteiger partial charge in [0.1, 0.15) is 0 Å². The first-order chi connectivity index (χ1) is 11.7. The maximum Gasteiger partial charge on any atom is 0.233 e. The first-order valence-electron chi connectivity index (χ1n) is 8.27. The summed E-state index contributed by atoms with van der Waals surface area (Å²) >= 11 is 4.76. The van der Waals surface area contributed by atoms with E-state index in [-0.39, 0.29) is 11.2 Å². The molecule has 0 aliphatic heterocycles. The van der Waals surface area contributed by atoms with Crippen LogP contribution in [-0.4, -0.2) is 33.9 Å². The summed E-state index contributed by atoms with van der Waals surface area (Å²) in [4.78, 5) is 13.6. The van der Waals surface area contributed by atoms with Crippen molar-refractivity contribution in [3.63, 3.8) is 0 Å². The minimum Gasteiger partial charge on any atom is -0.360 e. The fourth-order valence-electron chi connectivity index (χ4n) is 2.67. The van der Waals surface area contributed by atoms with Gasteiger partial charge in [-0.3, -0.25) is 4.79 Å². The van der Waals surface area contributed by atoms with E-state index in [9.17, 15) is 4.79 Å². The van der Waals surface area contributed by atoms with Gasteiger partial charge in [0.2, 0.25) is 11.0 Å². The van der Waals surface area contributed by atoms with Crippen molar-refractivity contribution in [3.05, 3.63) is 22.4 Å². The molecular formula is C16H22N4OS3. The van der Waals surface area contributed by atoms with Gasteiger partial charge in [0.15, 0.2) is 4.34 Å². The summed E-state index contributed by atoms with van der Waals surface area (Å²) in [5.74, 6) is 0.106. The van der Waals surface area contributed by atoms with Crippen LogP contribution in [0.1, 0.15) is 37.5 Å². The third-order valence-corrected chi connectivity index (χ3v) is 6.98. The molecule has 24 heavy (non-hydrogen) atoms. The minimum absolute atomic E-state index is 0.106. The van der Waals surface area contributed by atoms with Gasteiger partial charge in [-0.2, -0.15) is 0 Å². The second-order valence-corrected chi connectivity index (χ2v) is 9.48. The van der Waals surface area contributed by atoms with Crippen molar-refractivity contribution in [1.29, 1.82) is 0 Å². The van der Waals surface area contributed by atoms with E-state index < -0.39 is 0 Å². The van der Waals surface area contributed by atoms with Gasteiger partial charge < -0.3 is 10.6 Å². The molecule has 0 saturated heterocycles. The third kappa shape index (κ3) is 5.19. The standard InChI is InChI=1S/C16H22N4OS3/c1-11(14(21)18-12-5-2-3-6-12)23-16-20-19-15(24-16)17-9-8-13-7-4-10-22-13/h4,7,10-12H,2-3,5-6,8-9H2,1H3,(H,17,19)(H,18,21). The molecule has 0 radical (unpaired) electrons. The van der Waals surface area contributed by atoms with Gasteiger partial charge in [0.25, 0.3) is 0 Å². The van der Waals surface area contributed by atoms with E-state index in [2.05, 4.69) is 38.3 Å². The first-order valence-corrected chi connectivity index (χ1v) is 10.8. The monoisotopic (exact) mass is 382 g/mol. The van der Waals surface area contributed by atoms with Crippen molar-refractivity contribution in [1.82, 2.24) is 15.5 Å². The highest BCUT2D eigenvalue weighted by Crippen LogP contribution is 2.29. The minimum atomic E-state index is -0.141. The Morgan fingerprint density at radius 2 is 2.25 bits per heavy atom. The zero-order valence-corrected chi connectivity index (χ0v) is 16.1. The molecule has 1 aliphatic carbocycles. The number of thiophene rings is 1. The second kappa shape index (κ2) is 8.82. The van der Waals surface area contributed by atoms with Crippen LogP contribution in [0.2, 0.25) is 0 Å². The Hall–Kier alpha value is -1.12. The van der Waals surface area contributed by atoms with Gasteiger partial charge in [0, 0.05) is 17.5 Å². The molecule has 1 saturated carbocycles. The molecule has 1 unspecified atom stereocenters. The lowest BCUT2D eigenvalue weighted by Gasteiger charge is -2.15. The van der Waals surface area contributed by atoms with E-state index in [4.69, 9.17) is 0 Å². The zero-order chi connectivity index (χ0) is 16.8. The van der Waals surface area contributed by atoms with Crippen LogP contribution >= 0.6 is 34.4 Å². The van der Waals surface area contributed by atoms with Crippen molar-refractivity contribution >= 4 is 45.5 Å². The molecular weight excluding hydrogens is 360 g/mol. The predicted molar refractivity (Wildman–Crippen MR) is 102 cm³/mol. The summed E-state index contributed by atoms with van der Waals surface area (Å²) in [5.41, 5.74) is 0. The van der Waals surface area contributed by atoms with Crippen LogP contribution in [-0.2, 0) is 11.2 Å². The van der Waals surface area contributed by atoms with Gasteiger partial charge in [-0.15, -0.1) is 21.5 Å². The van der Waals surface area contributed by atoms with E-state index in [1.165, 1.54) is 40.8 Å². The van der Waals surface area contributed by atoms with Crippen molar-refractivity contribution < 1.29 is 4.79 Å². The van der Waals surface area contributed by atoms with Crippen molar-refractivity contribution in [2.45, 2.75) is 54.7 Å². The van der Waals surface area contributed by atoms with E-state index >= 15 is 0 Å². The second-order valence-electron chi connectivity index (χ2n) is 5.88. The molecule has 0 aromatic carbocycles. The third-order valence-electron chi connectivity index (χ3n) is 3.98. The smallest absolute Gasteiger partial charge is 0.233 e. The molecule has 2 aromatic rings. The number of hydrogen-bond acceptors (Lipinski definition) is 7. The van der Waals surface area contributed by atoms with Crippen LogP contribution in [0.25, 0.3) is 0 Å². The number of carbonyl (C=O) groups excluding carboxylic acids is 1. The Balaban J connectivity index is 1.41. The molecule has 3 rings (SSSR count). The number of nitrogens with one attached hydrogen (secondary N) is 2. The molecule has 2 N–H and O–H groups in total. The van der Waals surface area contributed by atoms with Gasteiger partial charge in [0.05, 0.1) is 5.25 Å². The summed E-state index contributed by atoms with van der Waals surface area (Å²) < 4.78 is 0.836. The number of anilines is 1. The quantitative estimate of drug-likeness (QED) is 0.680. The average molecular weight is 383 g/mol. The Kier molecular flexibility index (Phi) is 6.51. The van der Waals surface area contributed by atoms with Crippen LogP contribution in [0.15, 0.2) is 21.9 Å². The summed E-state index contributed by atoms with van der Waals surface area (Å²) in [6.45, 7) is 2.78. The molecule has 1 fully saturated rings. The van der Waals surface area contributed by atoms with Crippen LogP contribution in [0, 0.1) is 0 Å². The lowest BCUT2D eigenvalue weighted by Crippen LogP contribution is -2.37. The Bertz CT molecular complexity index is 638. The van der Waals surface area contributed by atoms with Gasteiger partial charge in [-0.25, -0.2) is 0 Å². The fourth-order valence-corrected chi connectivity index (χ4v) is 5.31. The van der Waals surface area contributed by atoms with Crippen molar-refractivity contribution in [2.24, 2.45) is 0 Å².